The maximum absolute atomic E-state index is 11.7. The second-order valence-electron chi connectivity index (χ2n) is 3.89. The monoisotopic (exact) mass is 213 g/mol. The van der Waals surface area contributed by atoms with Crippen molar-refractivity contribution >= 4 is 11.8 Å². The van der Waals surface area contributed by atoms with Gasteiger partial charge < -0.3 is 15.5 Å². The fourth-order valence-corrected chi connectivity index (χ4v) is 1.80. The lowest BCUT2D eigenvalue weighted by molar-refractivity contribution is -0.133. The smallest absolute Gasteiger partial charge is 0.242 e. The zero-order valence-electron chi connectivity index (χ0n) is 9.38. The quantitative estimate of drug-likeness (QED) is 0.651. The lowest BCUT2D eigenvalue weighted by atomic mass is 10.2. The molecular formula is C10H19N3O2. The van der Waals surface area contributed by atoms with Crippen LogP contribution in [0.15, 0.2) is 0 Å². The van der Waals surface area contributed by atoms with Crippen molar-refractivity contribution in [3.05, 3.63) is 0 Å². The molecule has 1 aliphatic rings. The molecule has 2 amide bonds. The lowest BCUT2D eigenvalue weighted by Gasteiger charge is -2.21. The molecule has 1 fully saturated rings. The summed E-state index contributed by atoms with van der Waals surface area (Å²) in [6.45, 7) is 3.23. The minimum Gasteiger partial charge on any atom is -0.346 e. The van der Waals surface area contributed by atoms with Crippen LogP contribution in [-0.4, -0.2) is 49.4 Å². The number of hydrogen-bond donors (Lipinski definition) is 2. The van der Waals surface area contributed by atoms with Gasteiger partial charge in [0.05, 0.1) is 13.1 Å². The van der Waals surface area contributed by atoms with Crippen molar-refractivity contribution < 1.29 is 9.59 Å². The molecule has 5 heteroatoms. The van der Waals surface area contributed by atoms with Crippen LogP contribution in [0.2, 0.25) is 0 Å². The summed E-state index contributed by atoms with van der Waals surface area (Å²) in [7, 11) is 1.70. The van der Waals surface area contributed by atoms with Crippen molar-refractivity contribution in [2.75, 3.05) is 26.7 Å². The van der Waals surface area contributed by atoms with E-state index < -0.39 is 0 Å². The predicted octanol–water partition coefficient (Wildman–Crippen LogP) is -0.667. The van der Waals surface area contributed by atoms with Crippen molar-refractivity contribution in [2.24, 2.45) is 0 Å². The Morgan fingerprint density at radius 3 is 2.67 bits per heavy atom. The van der Waals surface area contributed by atoms with E-state index in [4.69, 9.17) is 0 Å². The molecule has 0 aromatic heterocycles. The molecule has 1 rings (SSSR count). The number of hydrogen-bond acceptors (Lipinski definition) is 3. The summed E-state index contributed by atoms with van der Waals surface area (Å²) < 4.78 is 0. The van der Waals surface area contributed by atoms with Crippen LogP contribution in [0.25, 0.3) is 0 Å². The molecule has 0 saturated carbocycles. The number of nitrogens with one attached hydrogen (secondary N) is 2. The van der Waals surface area contributed by atoms with Crippen LogP contribution in [0.1, 0.15) is 19.8 Å². The molecule has 1 aliphatic heterocycles. The van der Waals surface area contributed by atoms with E-state index in [-0.39, 0.29) is 24.9 Å². The van der Waals surface area contributed by atoms with Crippen LogP contribution in [0.5, 0.6) is 0 Å². The third-order valence-corrected chi connectivity index (χ3v) is 2.65. The molecule has 0 aromatic rings. The molecule has 1 unspecified atom stereocenters. The fraction of sp³-hybridized carbons (Fsp3) is 0.800. The third-order valence-electron chi connectivity index (χ3n) is 2.65. The Balaban J connectivity index is 2.26. The van der Waals surface area contributed by atoms with Gasteiger partial charge in [0.2, 0.25) is 11.8 Å². The topological polar surface area (TPSA) is 61.4 Å². The van der Waals surface area contributed by atoms with Gasteiger partial charge >= 0.3 is 0 Å². The molecule has 1 heterocycles. The summed E-state index contributed by atoms with van der Waals surface area (Å²) in [6, 6.07) is 0.318. The first-order chi connectivity index (χ1) is 7.15. The number of likely N-dealkylation sites (tertiary alicyclic amines) is 1. The van der Waals surface area contributed by atoms with Crippen molar-refractivity contribution in [3.63, 3.8) is 0 Å². The molecule has 2 N–H and O–H groups in total. The van der Waals surface area contributed by atoms with Gasteiger partial charge in [-0.2, -0.15) is 0 Å². The average Bonchev–Trinajstić information content (AvgIpc) is 2.61. The van der Waals surface area contributed by atoms with E-state index in [0.717, 1.165) is 19.4 Å². The molecule has 0 bridgehead atoms. The van der Waals surface area contributed by atoms with Crippen molar-refractivity contribution in [2.45, 2.75) is 25.8 Å². The molecule has 5 nitrogen and oxygen atoms in total. The molecule has 0 spiro atoms. The molecule has 1 saturated heterocycles. The maximum atomic E-state index is 11.7. The Labute approximate surface area is 90.2 Å². The second-order valence-corrected chi connectivity index (χ2v) is 3.89. The highest BCUT2D eigenvalue weighted by Gasteiger charge is 2.24. The van der Waals surface area contributed by atoms with E-state index in [2.05, 4.69) is 10.6 Å². The summed E-state index contributed by atoms with van der Waals surface area (Å²) in [5.41, 5.74) is 0. The number of nitrogens with zero attached hydrogens (tertiary/aromatic N) is 1. The van der Waals surface area contributed by atoms with E-state index in [1.165, 1.54) is 0 Å². The van der Waals surface area contributed by atoms with Gasteiger partial charge in [0.15, 0.2) is 0 Å². The highest BCUT2D eigenvalue weighted by atomic mass is 16.2. The summed E-state index contributed by atoms with van der Waals surface area (Å²) in [4.78, 5) is 24.6. The number of likely N-dealkylation sites (N-methyl/N-ethyl adjacent to an activating group) is 1. The predicted molar refractivity (Wildman–Crippen MR) is 57.3 cm³/mol. The van der Waals surface area contributed by atoms with E-state index in [0.29, 0.717) is 6.04 Å². The molecule has 15 heavy (non-hydrogen) atoms. The van der Waals surface area contributed by atoms with Gasteiger partial charge in [0, 0.05) is 12.6 Å². The molecule has 0 aromatic carbocycles. The molecule has 1 atom stereocenters. The third kappa shape index (κ3) is 3.51. The molecule has 86 valence electrons. The normalized spacial score (nSPS) is 20.4. The van der Waals surface area contributed by atoms with Gasteiger partial charge in [-0.15, -0.1) is 0 Å². The second kappa shape index (κ2) is 5.70. The summed E-state index contributed by atoms with van der Waals surface area (Å²) in [5, 5.41) is 5.32. The van der Waals surface area contributed by atoms with Crippen molar-refractivity contribution in [1.29, 1.82) is 0 Å². The maximum Gasteiger partial charge on any atom is 0.242 e. The summed E-state index contributed by atoms with van der Waals surface area (Å²) in [5.74, 6) is -0.123. The van der Waals surface area contributed by atoms with Crippen molar-refractivity contribution in [3.8, 4) is 0 Å². The van der Waals surface area contributed by atoms with Crippen LogP contribution < -0.4 is 10.6 Å². The largest absolute Gasteiger partial charge is 0.346 e. The zero-order chi connectivity index (χ0) is 11.3. The van der Waals surface area contributed by atoms with E-state index in [1.54, 1.807) is 7.05 Å². The Kier molecular flexibility index (Phi) is 4.55. The SMILES string of the molecule is CNCC(=O)NCC(=O)N1CCCC1C. The van der Waals surface area contributed by atoms with Crippen LogP contribution in [-0.2, 0) is 9.59 Å². The van der Waals surface area contributed by atoms with E-state index in [9.17, 15) is 9.59 Å². The first-order valence-corrected chi connectivity index (χ1v) is 5.36. The number of carbonyl (C=O) groups is 2. The Morgan fingerprint density at radius 1 is 1.40 bits per heavy atom. The standard InChI is InChI=1S/C10H19N3O2/c1-8-4-3-5-13(8)10(15)7-12-9(14)6-11-2/h8,11H,3-7H2,1-2H3,(H,12,14). The minimum atomic E-state index is -0.141. The van der Waals surface area contributed by atoms with Crippen LogP contribution >= 0.6 is 0 Å². The first-order valence-electron chi connectivity index (χ1n) is 5.36. The van der Waals surface area contributed by atoms with Gasteiger partial charge in [0.25, 0.3) is 0 Å². The zero-order valence-corrected chi connectivity index (χ0v) is 9.38. The molecule has 0 radical (unpaired) electrons. The van der Waals surface area contributed by atoms with E-state index >= 15 is 0 Å². The molecule has 0 aliphatic carbocycles. The van der Waals surface area contributed by atoms with Gasteiger partial charge in [-0.05, 0) is 26.8 Å². The Hall–Kier alpha value is -1.10. The van der Waals surface area contributed by atoms with E-state index in [1.807, 2.05) is 11.8 Å². The number of amides is 2. The number of carbonyl (C=O) groups excluding carboxylic acids is 2. The van der Waals surface area contributed by atoms with Gasteiger partial charge in [-0.3, -0.25) is 9.59 Å². The molecular weight excluding hydrogens is 194 g/mol. The van der Waals surface area contributed by atoms with Crippen molar-refractivity contribution in [1.82, 2.24) is 15.5 Å². The Morgan fingerprint density at radius 2 is 2.13 bits per heavy atom. The first kappa shape index (κ1) is 12.0. The average molecular weight is 213 g/mol. The minimum absolute atomic E-state index is 0.0180. The Bertz CT molecular complexity index is 243. The summed E-state index contributed by atoms with van der Waals surface area (Å²) in [6.07, 6.45) is 2.13. The highest BCUT2D eigenvalue weighted by Crippen LogP contribution is 2.15. The van der Waals surface area contributed by atoms with Crippen LogP contribution in [0, 0.1) is 0 Å². The highest BCUT2D eigenvalue weighted by molar-refractivity contribution is 5.85. The fourth-order valence-electron chi connectivity index (χ4n) is 1.80. The van der Waals surface area contributed by atoms with Crippen LogP contribution in [0.4, 0.5) is 0 Å². The van der Waals surface area contributed by atoms with Crippen LogP contribution in [0.3, 0.4) is 0 Å². The van der Waals surface area contributed by atoms with Gasteiger partial charge in [-0.1, -0.05) is 0 Å². The lowest BCUT2D eigenvalue weighted by Crippen LogP contribution is -2.43. The van der Waals surface area contributed by atoms with Gasteiger partial charge in [-0.25, -0.2) is 0 Å². The number of rotatable bonds is 4. The van der Waals surface area contributed by atoms with Gasteiger partial charge in [0.1, 0.15) is 0 Å². The summed E-state index contributed by atoms with van der Waals surface area (Å²) >= 11 is 0.